The van der Waals surface area contributed by atoms with Gasteiger partial charge in [0.25, 0.3) is 0 Å². The van der Waals surface area contributed by atoms with Gasteiger partial charge in [0.05, 0.1) is 12.8 Å². The van der Waals surface area contributed by atoms with Gasteiger partial charge in [0.15, 0.2) is 0 Å². The molecule has 4 heteroatoms. The van der Waals surface area contributed by atoms with E-state index in [0.29, 0.717) is 0 Å². The molecule has 1 aromatic heterocycles. The van der Waals surface area contributed by atoms with E-state index in [9.17, 15) is 0 Å². The van der Waals surface area contributed by atoms with Crippen LogP contribution in [0.2, 0.25) is 0 Å². The lowest BCUT2D eigenvalue weighted by atomic mass is 10.0. The van der Waals surface area contributed by atoms with Crippen LogP contribution in [0.3, 0.4) is 0 Å². The minimum atomic E-state index is 0.722. The topological polar surface area (TPSA) is 45.6 Å². The molecular formula is C15H25N3O. The molecule has 2 saturated heterocycles. The summed E-state index contributed by atoms with van der Waals surface area (Å²) in [6.45, 7) is 6.62. The number of hydrogen-bond acceptors (Lipinski definition) is 4. The van der Waals surface area contributed by atoms with E-state index in [-0.39, 0.29) is 0 Å². The van der Waals surface area contributed by atoms with Crippen LogP contribution < -0.4 is 5.73 Å². The highest BCUT2D eigenvalue weighted by Crippen LogP contribution is 2.24. The molecule has 0 spiro atoms. The van der Waals surface area contributed by atoms with Crippen LogP contribution in [-0.2, 0) is 6.54 Å². The minimum Gasteiger partial charge on any atom is -0.468 e. The summed E-state index contributed by atoms with van der Waals surface area (Å²) >= 11 is 0. The van der Waals surface area contributed by atoms with Crippen molar-refractivity contribution in [2.45, 2.75) is 31.8 Å². The van der Waals surface area contributed by atoms with Gasteiger partial charge in [-0.15, -0.1) is 0 Å². The van der Waals surface area contributed by atoms with Gasteiger partial charge in [0.1, 0.15) is 5.76 Å². The number of likely N-dealkylation sites (tertiary alicyclic amines) is 2. The molecule has 3 rings (SSSR count). The number of nitrogens with two attached hydrogens (primary N) is 1. The van der Waals surface area contributed by atoms with Gasteiger partial charge >= 0.3 is 0 Å². The van der Waals surface area contributed by atoms with Gasteiger partial charge in [0, 0.05) is 19.1 Å². The van der Waals surface area contributed by atoms with E-state index in [0.717, 1.165) is 30.8 Å². The van der Waals surface area contributed by atoms with E-state index >= 15 is 0 Å². The largest absolute Gasteiger partial charge is 0.468 e. The highest BCUT2D eigenvalue weighted by molar-refractivity contribution is 4.98. The van der Waals surface area contributed by atoms with Crippen molar-refractivity contribution in [2.24, 2.45) is 11.7 Å². The lowest BCUT2D eigenvalue weighted by Crippen LogP contribution is -2.46. The first kappa shape index (κ1) is 13.2. The molecule has 3 heterocycles. The minimum absolute atomic E-state index is 0.722. The van der Waals surface area contributed by atoms with Gasteiger partial charge in [0.2, 0.25) is 0 Å². The summed E-state index contributed by atoms with van der Waals surface area (Å²) in [5.74, 6) is 1.81. The molecule has 106 valence electrons. The Morgan fingerprint density at radius 2 is 2.21 bits per heavy atom. The van der Waals surface area contributed by atoms with Crippen LogP contribution in [0, 0.1) is 5.92 Å². The Bertz CT molecular complexity index is 379. The molecule has 2 N–H and O–H groups in total. The summed E-state index contributed by atoms with van der Waals surface area (Å²) < 4.78 is 5.46. The summed E-state index contributed by atoms with van der Waals surface area (Å²) in [6.07, 6.45) is 5.69. The number of furan rings is 1. The molecule has 2 aliphatic heterocycles. The smallest absolute Gasteiger partial charge is 0.117 e. The molecular weight excluding hydrogens is 238 g/mol. The van der Waals surface area contributed by atoms with Crippen LogP contribution in [-0.4, -0.2) is 48.6 Å². The van der Waals surface area contributed by atoms with Crippen LogP contribution in [0.15, 0.2) is 22.8 Å². The number of piperidine rings is 1. The van der Waals surface area contributed by atoms with E-state index in [1.165, 1.54) is 45.4 Å². The van der Waals surface area contributed by atoms with E-state index in [4.69, 9.17) is 10.2 Å². The van der Waals surface area contributed by atoms with Crippen molar-refractivity contribution in [2.75, 3.05) is 32.7 Å². The molecule has 0 saturated carbocycles. The van der Waals surface area contributed by atoms with Gasteiger partial charge in [-0.1, -0.05) is 0 Å². The molecule has 2 fully saturated rings. The third kappa shape index (κ3) is 3.19. The van der Waals surface area contributed by atoms with Crippen molar-refractivity contribution in [3.05, 3.63) is 24.2 Å². The fraction of sp³-hybridized carbons (Fsp3) is 0.733. The predicted octanol–water partition coefficient (Wildman–Crippen LogP) is 1.52. The standard InChI is InChI=1S/C15H25N3O/c16-9-13-5-7-18(10-13)14-3-1-6-17(11-14)12-15-4-2-8-19-15/h2,4,8,13-14H,1,3,5-7,9-12,16H2. The molecule has 4 nitrogen and oxygen atoms in total. The summed E-state index contributed by atoms with van der Waals surface area (Å²) in [7, 11) is 0. The average Bonchev–Trinajstić information content (AvgIpc) is 3.09. The maximum absolute atomic E-state index is 5.79. The third-order valence-corrected chi connectivity index (χ3v) is 4.61. The highest BCUT2D eigenvalue weighted by Gasteiger charge is 2.30. The zero-order valence-corrected chi connectivity index (χ0v) is 11.6. The molecule has 0 radical (unpaired) electrons. The van der Waals surface area contributed by atoms with Gasteiger partial charge in [-0.2, -0.15) is 0 Å². The predicted molar refractivity (Wildman–Crippen MR) is 75.7 cm³/mol. The van der Waals surface area contributed by atoms with Crippen molar-refractivity contribution >= 4 is 0 Å². The van der Waals surface area contributed by atoms with Crippen LogP contribution >= 0.6 is 0 Å². The Labute approximate surface area is 115 Å². The Morgan fingerprint density at radius 3 is 2.95 bits per heavy atom. The maximum atomic E-state index is 5.79. The SMILES string of the molecule is NCC1CCN(C2CCCN(Cc3ccco3)C2)C1. The maximum Gasteiger partial charge on any atom is 0.117 e. The monoisotopic (exact) mass is 263 g/mol. The molecule has 0 aromatic carbocycles. The first-order valence-corrected chi connectivity index (χ1v) is 7.54. The first-order chi connectivity index (χ1) is 9.35. The molecule has 19 heavy (non-hydrogen) atoms. The highest BCUT2D eigenvalue weighted by atomic mass is 16.3. The van der Waals surface area contributed by atoms with Crippen LogP contribution in [0.25, 0.3) is 0 Å². The zero-order valence-electron chi connectivity index (χ0n) is 11.6. The lowest BCUT2D eigenvalue weighted by molar-refractivity contribution is 0.103. The number of nitrogens with zero attached hydrogens (tertiary/aromatic N) is 2. The average molecular weight is 263 g/mol. The Hall–Kier alpha value is -0.840. The van der Waals surface area contributed by atoms with Gasteiger partial charge < -0.3 is 10.2 Å². The van der Waals surface area contributed by atoms with E-state index in [1.54, 1.807) is 6.26 Å². The molecule has 2 atom stereocenters. The van der Waals surface area contributed by atoms with Crippen LogP contribution in [0.1, 0.15) is 25.0 Å². The second-order valence-electron chi connectivity index (χ2n) is 6.00. The summed E-state index contributed by atoms with van der Waals surface area (Å²) in [5.41, 5.74) is 5.79. The van der Waals surface area contributed by atoms with Crippen molar-refractivity contribution in [1.82, 2.24) is 9.80 Å². The molecule has 1 aromatic rings. The van der Waals surface area contributed by atoms with E-state index in [1.807, 2.05) is 6.07 Å². The zero-order chi connectivity index (χ0) is 13.1. The summed E-state index contributed by atoms with van der Waals surface area (Å²) in [4.78, 5) is 5.19. The molecule has 0 amide bonds. The van der Waals surface area contributed by atoms with Gasteiger partial charge in [-0.25, -0.2) is 0 Å². The van der Waals surface area contributed by atoms with Crippen LogP contribution in [0.4, 0.5) is 0 Å². The lowest BCUT2D eigenvalue weighted by Gasteiger charge is -2.37. The third-order valence-electron chi connectivity index (χ3n) is 4.61. The quantitative estimate of drug-likeness (QED) is 0.895. The Balaban J connectivity index is 1.53. The molecule has 0 aliphatic carbocycles. The Morgan fingerprint density at radius 1 is 1.26 bits per heavy atom. The van der Waals surface area contributed by atoms with Gasteiger partial charge in [-0.3, -0.25) is 9.80 Å². The van der Waals surface area contributed by atoms with Crippen molar-refractivity contribution in [1.29, 1.82) is 0 Å². The molecule has 0 bridgehead atoms. The fourth-order valence-corrected chi connectivity index (χ4v) is 3.48. The second-order valence-corrected chi connectivity index (χ2v) is 6.00. The number of hydrogen-bond donors (Lipinski definition) is 1. The molecule has 2 unspecified atom stereocenters. The number of rotatable bonds is 4. The van der Waals surface area contributed by atoms with Crippen molar-refractivity contribution in [3.8, 4) is 0 Å². The summed E-state index contributed by atoms with van der Waals surface area (Å²) in [5, 5.41) is 0. The first-order valence-electron chi connectivity index (χ1n) is 7.54. The second kappa shape index (κ2) is 6.07. The van der Waals surface area contributed by atoms with E-state index in [2.05, 4.69) is 15.9 Å². The normalized spacial score (nSPS) is 29.9. The fourth-order valence-electron chi connectivity index (χ4n) is 3.48. The van der Waals surface area contributed by atoms with Crippen LogP contribution in [0.5, 0.6) is 0 Å². The van der Waals surface area contributed by atoms with Gasteiger partial charge in [-0.05, 0) is 56.9 Å². The van der Waals surface area contributed by atoms with Crippen molar-refractivity contribution in [3.63, 3.8) is 0 Å². The van der Waals surface area contributed by atoms with E-state index < -0.39 is 0 Å². The Kier molecular flexibility index (Phi) is 4.21. The molecule has 2 aliphatic rings. The van der Waals surface area contributed by atoms with Crippen molar-refractivity contribution < 1.29 is 4.42 Å². The summed E-state index contributed by atoms with van der Waals surface area (Å²) in [6, 6.07) is 4.77.